The maximum absolute atomic E-state index is 12.0. The van der Waals surface area contributed by atoms with Gasteiger partial charge in [0.25, 0.3) is 0 Å². The van der Waals surface area contributed by atoms with Crippen LogP contribution in [-0.2, 0) is 14.8 Å². The van der Waals surface area contributed by atoms with Crippen LogP contribution in [0.3, 0.4) is 0 Å². The van der Waals surface area contributed by atoms with Crippen LogP contribution >= 0.6 is 15.9 Å². The Morgan fingerprint density at radius 1 is 0.962 bits per heavy atom. The molecule has 0 spiro atoms. The molecule has 0 radical (unpaired) electrons. The van der Waals surface area contributed by atoms with Crippen molar-refractivity contribution in [2.45, 2.75) is 6.42 Å². The van der Waals surface area contributed by atoms with E-state index in [0.717, 1.165) is 15.2 Å². The van der Waals surface area contributed by atoms with Crippen LogP contribution in [0.4, 0.5) is 5.69 Å². The molecule has 0 amide bonds. The topological polar surface area (TPSA) is 72.5 Å². The molecule has 0 aliphatic rings. The lowest BCUT2D eigenvalue weighted by atomic mass is 10.1. The van der Waals surface area contributed by atoms with Gasteiger partial charge in [0.05, 0.1) is 12.2 Å². The van der Waals surface area contributed by atoms with Crippen molar-refractivity contribution in [3.05, 3.63) is 71.2 Å². The number of halogens is 1. The smallest absolute Gasteiger partial charge is 0.312 e. The van der Waals surface area contributed by atoms with Crippen molar-refractivity contribution in [1.29, 1.82) is 0 Å². The van der Waals surface area contributed by atoms with Crippen LogP contribution in [-0.4, -0.2) is 20.1 Å². The highest BCUT2D eigenvalue weighted by Crippen LogP contribution is 2.24. The van der Waals surface area contributed by atoms with Gasteiger partial charge in [0.1, 0.15) is 5.75 Å². The molecule has 0 aliphatic heterocycles. The van der Waals surface area contributed by atoms with Crippen molar-refractivity contribution < 1.29 is 17.9 Å². The molecule has 3 aromatic carbocycles. The highest BCUT2D eigenvalue weighted by molar-refractivity contribution is 9.10. The van der Waals surface area contributed by atoms with Crippen LogP contribution in [0.15, 0.2) is 71.2 Å². The summed E-state index contributed by atoms with van der Waals surface area (Å²) in [5.41, 5.74) is 0.460. The van der Waals surface area contributed by atoms with E-state index in [4.69, 9.17) is 4.74 Å². The maximum Gasteiger partial charge on any atom is 0.312 e. The minimum absolute atomic E-state index is 0.236. The number of carbonyl (C=O) groups excluding carboxylic acids is 1. The van der Waals surface area contributed by atoms with Gasteiger partial charge in [-0.2, -0.15) is 0 Å². The molecule has 7 heteroatoms. The number of fused-ring (bicyclic) bond motifs is 1. The number of carbonyl (C=O) groups is 1. The van der Waals surface area contributed by atoms with Crippen molar-refractivity contribution in [3.63, 3.8) is 0 Å². The third kappa shape index (κ3) is 5.06. The van der Waals surface area contributed by atoms with Crippen molar-refractivity contribution in [1.82, 2.24) is 0 Å². The largest absolute Gasteiger partial charge is 0.426 e. The molecule has 0 heterocycles. The molecule has 0 aromatic heterocycles. The Morgan fingerprint density at radius 2 is 1.65 bits per heavy atom. The predicted octanol–water partition coefficient (Wildman–Crippen LogP) is 4.34. The molecule has 0 unspecified atom stereocenters. The summed E-state index contributed by atoms with van der Waals surface area (Å²) >= 11 is 3.41. The number of anilines is 1. The number of para-hydroxylation sites is 1. The number of hydrogen-bond donors (Lipinski definition) is 1. The van der Waals surface area contributed by atoms with E-state index in [0.29, 0.717) is 11.4 Å². The monoisotopic (exact) mass is 433 g/mol. The molecule has 0 saturated heterocycles. The van der Waals surface area contributed by atoms with Crippen LogP contribution in [0.25, 0.3) is 10.8 Å². The van der Waals surface area contributed by atoms with E-state index >= 15 is 0 Å². The van der Waals surface area contributed by atoms with Gasteiger partial charge in [-0.1, -0.05) is 46.3 Å². The standard InChI is InChI=1S/C19H16BrNO4S/c20-16-8-6-15-13-18(9-7-14(15)12-16)25-19(22)10-11-26(23,24)21-17-4-2-1-3-5-17/h1-9,12-13,21H,10-11H2. The molecule has 26 heavy (non-hydrogen) atoms. The molecule has 1 N–H and O–H groups in total. The lowest BCUT2D eigenvalue weighted by Gasteiger charge is -2.08. The molecule has 134 valence electrons. The number of nitrogens with one attached hydrogen (secondary N) is 1. The summed E-state index contributed by atoms with van der Waals surface area (Å²) in [6.45, 7) is 0. The fourth-order valence-corrected chi connectivity index (χ4v) is 3.81. The first-order chi connectivity index (χ1) is 12.4. The Labute approximate surface area is 160 Å². The Hall–Kier alpha value is -2.38. The van der Waals surface area contributed by atoms with Gasteiger partial charge in [-0.3, -0.25) is 9.52 Å². The fourth-order valence-electron chi connectivity index (χ4n) is 2.40. The summed E-state index contributed by atoms with van der Waals surface area (Å²) in [4.78, 5) is 12.0. The highest BCUT2D eigenvalue weighted by Gasteiger charge is 2.15. The van der Waals surface area contributed by atoms with Gasteiger partial charge in [-0.25, -0.2) is 8.42 Å². The average molecular weight is 434 g/mol. The van der Waals surface area contributed by atoms with E-state index in [-0.39, 0.29) is 12.2 Å². The lowest BCUT2D eigenvalue weighted by Crippen LogP contribution is -2.20. The maximum atomic E-state index is 12.0. The number of ether oxygens (including phenoxy) is 1. The third-order valence-electron chi connectivity index (χ3n) is 3.63. The number of benzene rings is 3. The van der Waals surface area contributed by atoms with Crippen LogP contribution in [0.5, 0.6) is 5.75 Å². The summed E-state index contributed by atoms with van der Waals surface area (Å²) in [6.07, 6.45) is -0.236. The van der Waals surface area contributed by atoms with Gasteiger partial charge in [-0.05, 0) is 47.2 Å². The zero-order chi connectivity index (χ0) is 18.6. The van der Waals surface area contributed by atoms with Crippen molar-refractivity contribution in [2.75, 3.05) is 10.5 Å². The Bertz CT molecular complexity index is 1040. The van der Waals surface area contributed by atoms with E-state index in [1.165, 1.54) is 0 Å². The van der Waals surface area contributed by atoms with Gasteiger partial charge in [0.15, 0.2) is 0 Å². The van der Waals surface area contributed by atoms with Crippen LogP contribution in [0, 0.1) is 0 Å². The third-order valence-corrected chi connectivity index (χ3v) is 5.41. The minimum atomic E-state index is -3.62. The van der Waals surface area contributed by atoms with Crippen LogP contribution in [0.2, 0.25) is 0 Å². The molecule has 3 rings (SSSR count). The summed E-state index contributed by atoms with van der Waals surface area (Å²) in [6, 6.07) is 19.6. The van der Waals surface area contributed by atoms with Crippen molar-refractivity contribution in [2.24, 2.45) is 0 Å². The number of esters is 1. The first kappa shape index (κ1) is 18.4. The average Bonchev–Trinajstić information content (AvgIpc) is 2.61. The SMILES string of the molecule is O=C(CCS(=O)(=O)Nc1ccccc1)Oc1ccc2cc(Br)ccc2c1. The predicted molar refractivity (Wildman–Crippen MR) is 106 cm³/mol. The van der Waals surface area contributed by atoms with Crippen molar-refractivity contribution in [3.8, 4) is 5.75 Å². The zero-order valence-electron chi connectivity index (χ0n) is 13.7. The van der Waals surface area contributed by atoms with Crippen LogP contribution < -0.4 is 9.46 Å². The molecule has 5 nitrogen and oxygen atoms in total. The van der Waals surface area contributed by atoms with E-state index in [9.17, 15) is 13.2 Å². The van der Waals surface area contributed by atoms with Gasteiger partial charge in [-0.15, -0.1) is 0 Å². The van der Waals surface area contributed by atoms with Gasteiger partial charge >= 0.3 is 5.97 Å². The number of hydrogen-bond acceptors (Lipinski definition) is 4. The second-order valence-corrected chi connectivity index (χ2v) is 8.42. The van der Waals surface area contributed by atoms with Gasteiger partial charge < -0.3 is 4.74 Å². The summed E-state index contributed by atoms with van der Waals surface area (Å²) in [5, 5.41) is 1.94. The molecular formula is C19H16BrNO4S. The summed E-state index contributed by atoms with van der Waals surface area (Å²) < 4.78 is 32.7. The Morgan fingerprint density at radius 3 is 2.42 bits per heavy atom. The minimum Gasteiger partial charge on any atom is -0.426 e. The van der Waals surface area contributed by atoms with Gasteiger partial charge in [0, 0.05) is 10.2 Å². The first-order valence-electron chi connectivity index (χ1n) is 7.87. The molecule has 0 saturated carbocycles. The first-order valence-corrected chi connectivity index (χ1v) is 10.3. The van der Waals surface area contributed by atoms with Crippen molar-refractivity contribution >= 4 is 48.4 Å². The quantitative estimate of drug-likeness (QED) is 0.463. The summed E-state index contributed by atoms with van der Waals surface area (Å²) in [5.74, 6) is -0.556. The molecule has 0 aliphatic carbocycles. The molecule has 0 fully saturated rings. The highest BCUT2D eigenvalue weighted by atomic mass is 79.9. The lowest BCUT2D eigenvalue weighted by molar-refractivity contribution is -0.133. The number of sulfonamides is 1. The van der Waals surface area contributed by atoms with E-state index in [1.807, 2.05) is 24.3 Å². The molecule has 3 aromatic rings. The van der Waals surface area contributed by atoms with E-state index in [2.05, 4.69) is 20.7 Å². The number of rotatable bonds is 6. The van der Waals surface area contributed by atoms with Crippen LogP contribution in [0.1, 0.15) is 6.42 Å². The summed E-state index contributed by atoms with van der Waals surface area (Å²) in [7, 11) is -3.62. The second-order valence-electron chi connectivity index (χ2n) is 5.66. The Kier molecular flexibility index (Phi) is 5.58. The Balaban J connectivity index is 1.59. The fraction of sp³-hybridized carbons (Fsp3) is 0.105. The zero-order valence-corrected chi connectivity index (χ0v) is 16.1. The van der Waals surface area contributed by atoms with E-state index in [1.54, 1.807) is 42.5 Å². The molecular weight excluding hydrogens is 418 g/mol. The molecule has 0 bridgehead atoms. The second kappa shape index (κ2) is 7.88. The normalized spacial score (nSPS) is 11.3. The van der Waals surface area contributed by atoms with E-state index < -0.39 is 16.0 Å². The van der Waals surface area contributed by atoms with Gasteiger partial charge in [0.2, 0.25) is 10.0 Å². The molecule has 0 atom stereocenters.